The van der Waals surface area contributed by atoms with Gasteiger partial charge in [0.2, 0.25) is 100 Å². The average Bonchev–Trinajstić information content (AvgIpc) is 0.826. The van der Waals surface area contributed by atoms with Gasteiger partial charge in [0, 0.05) is 25.9 Å². The van der Waals surface area contributed by atoms with E-state index in [-0.39, 0.29) is 171 Å². The Bertz CT molecular complexity index is 4580. The normalized spacial score (nSPS) is 14.8. The van der Waals surface area contributed by atoms with Crippen molar-refractivity contribution < 1.29 is 96.5 Å². The average molecular weight is 2070 g/mol. The van der Waals surface area contributed by atoms with Crippen LogP contribution in [0.4, 0.5) is 0 Å². The number of rotatable bonds is 71. The summed E-state index contributed by atoms with van der Waals surface area (Å²) < 4.78 is 0. The predicted octanol–water partition coefficient (Wildman–Crippen LogP) is -2.22. The quantitative estimate of drug-likeness (QED) is 0.0189. The van der Waals surface area contributed by atoms with E-state index in [2.05, 4.69) is 101 Å². The number of hydrogen-bond donors (Lipinski definition) is 29. The van der Waals surface area contributed by atoms with Gasteiger partial charge in [-0.1, -0.05) is 144 Å². The third-order valence-corrected chi connectivity index (χ3v) is 23.7. The van der Waals surface area contributed by atoms with E-state index in [0.717, 1.165) is 0 Å². The van der Waals surface area contributed by atoms with Crippen molar-refractivity contribution >= 4 is 118 Å². The van der Waals surface area contributed by atoms with Gasteiger partial charge in [0.05, 0.1) is 12.6 Å². The zero-order valence-electron chi connectivity index (χ0n) is 89.1. The Labute approximate surface area is 864 Å². The second-order valence-electron chi connectivity index (χ2n) is 41.1. The van der Waals surface area contributed by atoms with Crippen LogP contribution in [0.1, 0.15) is 251 Å². The molecule has 0 radical (unpaired) electrons. The number of carbonyl (C=O) groups excluding carboxylic acids is 17. The molecule has 0 saturated heterocycles. The zero-order chi connectivity index (χ0) is 111. The van der Waals surface area contributed by atoms with Crippen molar-refractivity contribution in [3.05, 3.63) is 71.8 Å². The molecule has 0 bridgehead atoms. The third-order valence-electron chi connectivity index (χ3n) is 23.7. The fraction of sp³-hybridized carbons (Fsp3) is 0.680. The maximum Gasteiger partial charge on any atom is 0.325 e. The number of benzene rings is 2. The van der Waals surface area contributed by atoms with Gasteiger partial charge in [-0.15, -0.1) is 0 Å². The highest BCUT2D eigenvalue weighted by Crippen LogP contribution is 2.20. The molecular formula is C100H173N27O20. The van der Waals surface area contributed by atoms with Gasteiger partial charge in [-0.2, -0.15) is 0 Å². The van der Waals surface area contributed by atoms with E-state index in [1.54, 1.807) is 144 Å². The van der Waals surface area contributed by atoms with E-state index in [4.69, 9.17) is 45.2 Å². The number of nitrogens with two attached hydrogens (primary N) is 6. The van der Waals surface area contributed by atoms with Gasteiger partial charge >= 0.3 is 5.97 Å². The van der Waals surface area contributed by atoms with Gasteiger partial charge in [-0.3, -0.25) is 97.1 Å². The van der Waals surface area contributed by atoms with Crippen molar-refractivity contribution in [3.63, 3.8) is 0 Å². The molecular weight excluding hydrogens is 1900 g/mol. The summed E-state index contributed by atoms with van der Waals surface area (Å²) in [7, 11) is 0. The molecule has 17 amide bonds. The second kappa shape index (κ2) is 67.2. The minimum absolute atomic E-state index is 0.000429. The van der Waals surface area contributed by atoms with E-state index in [1.807, 2.05) is 0 Å². The highest BCUT2D eigenvalue weighted by atomic mass is 16.4. The molecule has 0 saturated carbocycles. The van der Waals surface area contributed by atoms with E-state index >= 15 is 9.59 Å². The Morgan fingerprint density at radius 3 is 0.844 bits per heavy atom. The van der Waals surface area contributed by atoms with Crippen LogP contribution >= 0.6 is 0 Å². The number of aliphatic hydroxyl groups excluding tert-OH is 1. The van der Waals surface area contributed by atoms with Gasteiger partial charge in [0.25, 0.3) is 0 Å². The number of carbonyl (C=O) groups is 18. The van der Waals surface area contributed by atoms with Crippen LogP contribution in [0.2, 0.25) is 0 Å². The first kappa shape index (κ1) is 130. The minimum atomic E-state index is -1.90. The number of amides is 17. The van der Waals surface area contributed by atoms with Gasteiger partial charge in [0.1, 0.15) is 102 Å². The molecule has 0 fully saturated rings. The molecule has 0 aliphatic rings. The molecule has 0 aliphatic heterocycles. The molecule has 47 nitrogen and oxygen atoms in total. The van der Waals surface area contributed by atoms with Crippen molar-refractivity contribution in [2.75, 3.05) is 39.3 Å². The highest BCUT2D eigenvalue weighted by Gasteiger charge is 2.43. The summed E-state index contributed by atoms with van der Waals surface area (Å²) in [6, 6.07) is -4.64. The summed E-state index contributed by atoms with van der Waals surface area (Å²) in [5.41, 5.74) is 32.2. The molecule has 16 atom stereocenters. The van der Waals surface area contributed by atoms with Crippen LogP contribution in [-0.2, 0) is 99.1 Å². The van der Waals surface area contributed by atoms with Crippen LogP contribution in [0.5, 0.6) is 0 Å². The molecule has 0 spiro atoms. The summed E-state index contributed by atoms with van der Waals surface area (Å²) in [4.78, 5) is 258. The Morgan fingerprint density at radius 1 is 0.306 bits per heavy atom. The van der Waals surface area contributed by atoms with Gasteiger partial charge < -0.3 is 146 Å². The number of hydrogen-bond acceptors (Lipinski definition) is 25. The molecule has 828 valence electrons. The maximum absolute atomic E-state index is 15.0. The molecule has 2 aromatic rings. The van der Waals surface area contributed by atoms with Crippen molar-refractivity contribution in [2.45, 2.75) is 361 Å². The smallest absolute Gasteiger partial charge is 0.325 e. The summed E-state index contributed by atoms with van der Waals surface area (Å²) in [5, 5.41) is 86.1. The van der Waals surface area contributed by atoms with Crippen LogP contribution in [0.3, 0.4) is 0 Å². The monoisotopic (exact) mass is 2070 g/mol. The van der Waals surface area contributed by atoms with E-state index in [9.17, 15) is 86.9 Å². The number of unbranched alkanes of at least 4 members (excludes halogenated alkanes) is 3. The molecule has 2 aromatic carbocycles. The number of aliphatic carboxylic acids is 1. The van der Waals surface area contributed by atoms with Crippen LogP contribution < -0.4 is 135 Å². The lowest BCUT2D eigenvalue weighted by molar-refractivity contribution is -0.142. The summed E-state index contributed by atoms with van der Waals surface area (Å²) in [6.45, 7) is 28.8. The zero-order valence-corrected chi connectivity index (χ0v) is 89.1. The van der Waals surface area contributed by atoms with Gasteiger partial charge in [0.15, 0.2) is 11.9 Å². The minimum Gasteiger partial charge on any atom is -0.480 e. The third kappa shape index (κ3) is 50.9. The second-order valence-corrected chi connectivity index (χ2v) is 41.1. The first-order valence-corrected chi connectivity index (χ1v) is 51.0. The Morgan fingerprint density at radius 2 is 0.551 bits per heavy atom. The first-order valence-electron chi connectivity index (χ1n) is 51.0. The largest absolute Gasteiger partial charge is 0.480 e. The van der Waals surface area contributed by atoms with E-state index < -0.39 is 233 Å². The molecule has 0 unspecified atom stereocenters. The lowest BCUT2D eigenvalue weighted by Crippen LogP contribution is -2.64. The number of carboxylic acid groups (broad SMARTS) is 1. The van der Waals surface area contributed by atoms with Crippen molar-refractivity contribution in [2.24, 2.45) is 69.9 Å². The lowest BCUT2D eigenvalue weighted by Gasteiger charge is -2.32. The number of aliphatic hydroxyl groups is 1. The van der Waals surface area contributed by atoms with Gasteiger partial charge in [-0.05, 0) is 223 Å². The molecule has 0 aliphatic carbocycles. The van der Waals surface area contributed by atoms with Crippen molar-refractivity contribution in [3.8, 4) is 0 Å². The Balaban J connectivity index is 2.62. The number of guanidine groups is 2. The Kier molecular flexibility index (Phi) is 59.5. The molecule has 47 heteroatoms. The van der Waals surface area contributed by atoms with E-state index in [0.29, 0.717) is 36.8 Å². The van der Waals surface area contributed by atoms with Crippen LogP contribution in [-0.4, -0.2) is 276 Å². The van der Waals surface area contributed by atoms with Crippen molar-refractivity contribution in [1.29, 1.82) is 10.8 Å². The fourth-order valence-electron chi connectivity index (χ4n) is 15.5. The molecule has 0 heterocycles. The summed E-state index contributed by atoms with van der Waals surface area (Å²) in [5.74, 6) is -18.7. The standard InChI is InChI=1S/C100H173N27O20/c1-55(2)47-70(86(136)114-66(38-26-29-43-102)81(131)117-72(49-57(5)6)90(140)125-78(60(11)12)93(143)121-76(53-64-35-23-20-24-36-64)89(139)120-75(52-63-33-21-19-22-34-63)85(135)111-62(14)94(144)145)118-87(137)71(48-56(3)4)116-83(133)68(41-32-46-110-98(107)108)113-84(134)69(39-27-30-44-103)123-95(146)99(15,16)126-91(141)74(51-59(9)10)119-82(132)65(37-25-28-42-101)112-80(130)67(40-31-45-109-97(105)106)115-88(138)73(50-58(7)8)124-96(147)100(17,18)127-92(142)77(54-128)122-79(129)61(13)104/h19-24,33-36,55-62,65-78,128H,25-32,37-54,101-104H2,1-18H3,(H,111,135)(H,112,130)(H,113,134)(H,114,136)(H,115,138)(H,116,133)(H,117,131)(H,118,137)(H,119,132)(H,120,139)(H,121,143)(H,122,129)(H,123,146)(H,124,147)(H,125,140)(H,126,141)(H,127,142)(H,144,145)(H4,105,106,109)(H4,107,108,110)/t61-,62-,65-,66-,67-,68-,69-,70-,71-,72-,73-,74-,75-,76-,77-,78-/m0/s1. The lowest BCUT2D eigenvalue weighted by atomic mass is 9.97. The Hall–Kier alpha value is -12.8. The predicted molar refractivity (Wildman–Crippen MR) is 557 cm³/mol. The first-order chi connectivity index (χ1) is 68.9. The van der Waals surface area contributed by atoms with Gasteiger partial charge in [-0.25, -0.2) is 0 Å². The molecule has 35 N–H and O–H groups in total. The maximum atomic E-state index is 15.0. The highest BCUT2D eigenvalue weighted by molar-refractivity contribution is 6.02. The summed E-state index contributed by atoms with van der Waals surface area (Å²) >= 11 is 0. The number of carboxylic acids is 1. The van der Waals surface area contributed by atoms with Crippen LogP contribution in [0, 0.1) is 46.3 Å². The molecule has 0 aromatic heterocycles. The van der Waals surface area contributed by atoms with E-state index in [1.165, 1.54) is 41.5 Å². The molecule has 2 rings (SSSR count). The number of nitrogens with one attached hydrogen (secondary N) is 21. The van der Waals surface area contributed by atoms with Crippen LogP contribution in [0.25, 0.3) is 0 Å². The van der Waals surface area contributed by atoms with Crippen molar-refractivity contribution in [1.82, 2.24) is 101 Å². The SMILES string of the molecule is CC(C)C[C@H](NC(=O)[C@H](CC(C)C)NC(=O)[C@H](CCCNC(=N)N)NC(=O)[C@H](CCCCN)NC(=O)C(C)(C)NC(=O)[C@H](CC(C)C)NC(=O)[C@H](CCCCN)NC(=O)[C@H](CCCNC(=N)N)NC(=O)[C@H](CC(C)C)NC(=O)C(C)(C)NC(=O)[C@H](CO)NC(=O)[C@H](C)N)C(=O)N[C@@H](CCCCN)C(=O)N[C@@H](CC(C)C)C(=O)N[C@H](C(=O)N[C@@H](Cc1ccccc1)C(=O)N[C@@H](Cc1ccccc1)C(=O)N[C@@H](C)C(=O)O)C(C)C. The van der Waals surface area contributed by atoms with Crippen LogP contribution in [0.15, 0.2) is 60.7 Å². The molecule has 147 heavy (non-hydrogen) atoms. The summed E-state index contributed by atoms with van der Waals surface area (Å²) in [6.07, 6.45) is 1.45. The fourth-order valence-corrected chi connectivity index (χ4v) is 15.5. The topological polar surface area (TPSA) is 780 Å².